The number of hydrogen-bond acceptors (Lipinski definition) is 3. The molecule has 0 aromatic carbocycles. The topological polar surface area (TPSA) is 63.6 Å². The fourth-order valence-electron chi connectivity index (χ4n) is 1.65. The van der Waals surface area contributed by atoms with Gasteiger partial charge in [0.05, 0.1) is 6.61 Å². The van der Waals surface area contributed by atoms with Crippen LogP contribution in [0.25, 0.3) is 0 Å². The molecule has 1 aliphatic rings. The second-order valence-corrected chi connectivity index (χ2v) is 3.04. The van der Waals surface area contributed by atoms with Crippen molar-refractivity contribution in [2.75, 3.05) is 13.7 Å². The third kappa shape index (κ3) is 1.64. The number of Topliss-reactive ketones (excluding diaryl/α,β-unsaturated/α-hetero) is 1. The lowest BCUT2D eigenvalue weighted by molar-refractivity contribution is -0.147. The highest BCUT2D eigenvalue weighted by molar-refractivity contribution is 6.00. The molecule has 0 aliphatic heterocycles. The van der Waals surface area contributed by atoms with Crippen LogP contribution >= 0.6 is 0 Å². The zero-order chi connectivity index (χ0) is 9.14. The Hall–Kier alpha value is -0.900. The summed E-state index contributed by atoms with van der Waals surface area (Å²) in [6, 6.07) is 0. The highest BCUT2D eigenvalue weighted by atomic mass is 16.5. The van der Waals surface area contributed by atoms with Crippen LogP contribution < -0.4 is 0 Å². The Balaban J connectivity index is 2.63. The fraction of sp³-hybridized carbons (Fsp3) is 0.750. The molecular formula is C8H12O4. The molecule has 1 fully saturated rings. The Morgan fingerprint density at radius 3 is 2.92 bits per heavy atom. The van der Waals surface area contributed by atoms with Crippen molar-refractivity contribution in [2.45, 2.75) is 12.8 Å². The van der Waals surface area contributed by atoms with Crippen LogP contribution in [-0.4, -0.2) is 30.6 Å². The van der Waals surface area contributed by atoms with Gasteiger partial charge in [-0.2, -0.15) is 0 Å². The molecule has 0 amide bonds. The van der Waals surface area contributed by atoms with Gasteiger partial charge in [-0.3, -0.25) is 9.59 Å². The first-order valence-corrected chi connectivity index (χ1v) is 3.91. The van der Waals surface area contributed by atoms with E-state index in [1.807, 2.05) is 0 Å². The van der Waals surface area contributed by atoms with Crippen molar-refractivity contribution in [1.82, 2.24) is 0 Å². The van der Waals surface area contributed by atoms with Crippen LogP contribution in [0, 0.1) is 11.8 Å². The summed E-state index contributed by atoms with van der Waals surface area (Å²) >= 11 is 0. The van der Waals surface area contributed by atoms with Crippen LogP contribution in [0.4, 0.5) is 0 Å². The van der Waals surface area contributed by atoms with E-state index in [1.165, 1.54) is 7.11 Å². The minimum atomic E-state index is -1.01. The number of rotatable bonds is 3. The van der Waals surface area contributed by atoms with E-state index in [-0.39, 0.29) is 11.7 Å². The molecule has 4 heteroatoms. The van der Waals surface area contributed by atoms with Gasteiger partial charge in [0.15, 0.2) is 0 Å². The van der Waals surface area contributed by atoms with E-state index in [0.29, 0.717) is 19.4 Å². The Morgan fingerprint density at radius 2 is 2.42 bits per heavy atom. The molecule has 12 heavy (non-hydrogen) atoms. The van der Waals surface area contributed by atoms with Crippen molar-refractivity contribution in [3.05, 3.63) is 0 Å². The molecule has 0 bridgehead atoms. The molecule has 2 unspecified atom stereocenters. The molecule has 1 rings (SSSR count). The number of hydrogen-bond donors (Lipinski definition) is 1. The lowest BCUT2D eigenvalue weighted by Gasteiger charge is -2.12. The number of ether oxygens (including phenoxy) is 1. The predicted molar refractivity (Wildman–Crippen MR) is 40.7 cm³/mol. The maximum atomic E-state index is 11.1. The minimum Gasteiger partial charge on any atom is -0.481 e. The molecule has 0 saturated heterocycles. The number of carbonyl (C=O) groups is 2. The van der Waals surface area contributed by atoms with Gasteiger partial charge in [0.2, 0.25) is 0 Å². The van der Waals surface area contributed by atoms with Gasteiger partial charge in [-0.15, -0.1) is 0 Å². The molecule has 1 N–H and O–H groups in total. The largest absolute Gasteiger partial charge is 0.481 e. The third-order valence-corrected chi connectivity index (χ3v) is 2.23. The van der Waals surface area contributed by atoms with Gasteiger partial charge >= 0.3 is 5.97 Å². The fourth-order valence-corrected chi connectivity index (χ4v) is 1.65. The van der Waals surface area contributed by atoms with Crippen molar-refractivity contribution in [3.8, 4) is 0 Å². The Morgan fingerprint density at radius 1 is 1.75 bits per heavy atom. The van der Waals surface area contributed by atoms with Gasteiger partial charge in [-0.1, -0.05) is 0 Å². The van der Waals surface area contributed by atoms with Gasteiger partial charge in [0, 0.05) is 19.4 Å². The number of methoxy groups -OCH3 is 1. The van der Waals surface area contributed by atoms with Crippen molar-refractivity contribution < 1.29 is 19.4 Å². The number of carboxylic acid groups (broad SMARTS) is 1. The summed E-state index contributed by atoms with van der Waals surface area (Å²) in [6.45, 7) is 0.364. The van der Waals surface area contributed by atoms with Crippen LogP contribution in [0.3, 0.4) is 0 Å². The molecule has 1 aliphatic carbocycles. The van der Waals surface area contributed by atoms with Gasteiger partial charge in [-0.05, 0) is 6.42 Å². The number of ketones is 1. The predicted octanol–water partition coefficient (Wildman–Crippen LogP) is 0.313. The van der Waals surface area contributed by atoms with E-state index in [4.69, 9.17) is 9.84 Å². The molecule has 0 radical (unpaired) electrons. The summed E-state index contributed by atoms with van der Waals surface area (Å²) in [5.41, 5.74) is 0. The van der Waals surface area contributed by atoms with Gasteiger partial charge in [0.1, 0.15) is 11.7 Å². The summed E-state index contributed by atoms with van der Waals surface area (Å²) in [4.78, 5) is 21.7. The molecule has 68 valence electrons. The summed E-state index contributed by atoms with van der Waals surface area (Å²) in [7, 11) is 1.52. The lowest BCUT2D eigenvalue weighted by Crippen LogP contribution is -2.26. The average Bonchev–Trinajstić information content (AvgIpc) is 2.32. The molecule has 0 aromatic rings. The molecule has 0 aromatic heterocycles. The second-order valence-electron chi connectivity index (χ2n) is 3.04. The quantitative estimate of drug-likeness (QED) is 0.622. The van der Waals surface area contributed by atoms with Gasteiger partial charge in [0.25, 0.3) is 0 Å². The summed E-state index contributed by atoms with van der Waals surface area (Å²) < 4.78 is 4.84. The minimum absolute atomic E-state index is 0.125. The van der Waals surface area contributed by atoms with Crippen LogP contribution in [0.2, 0.25) is 0 Å². The van der Waals surface area contributed by atoms with E-state index in [2.05, 4.69) is 0 Å². The molecule has 2 atom stereocenters. The second kappa shape index (κ2) is 3.67. The SMILES string of the molecule is COCC1CCC(=O)C1C(=O)O. The first kappa shape index (κ1) is 9.19. The van der Waals surface area contributed by atoms with E-state index < -0.39 is 11.9 Å². The third-order valence-electron chi connectivity index (χ3n) is 2.23. The van der Waals surface area contributed by atoms with E-state index in [1.54, 1.807) is 0 Å². The zero-order valence-electron chi connectivity index (χ0n) is 6.95. The first-order valence-electron chi connectivity index (χ1n) is 3.91. The van der Waals surface area contributed by atoms with Gasteiger partial charge in [-0.25, -0.2) is 0 Å². The van der Waals surface area contributed by atoms with Crippen LogP contribution in [0.5, 0.6) is 0 Å². The normalized spacial score (nSPS) is 29.2. The molecule has 4 nitrogen and oxygen atoms in total. The van der Waals surface area contributed by atoms with Crippen molar-refractivity contribution in [1.29, 1.82) is 0 Å². The molecule has 0 heterocycles. The van der Waals surface area contributed by atoms with E-state index in [0.717, 1.165) is 0 Å². The average molecular weight is 172 g/mol. The smallest absolute Gasteiger partial charge is 0.314 e. The van der Waals surface area contributed by atoms with Crippen LogP contribution in [0.1, 0.15) is 12.8 Å². The number of carbonyl (C=O) groups excluding carboxylic acids is 1. The van der Waals surface area contributed by atoms with E-state index in [9.17, 15) is 9.59 Å². The Labute approximate surface area is 70.5 Å². The van der Waals surface area contributed by atoms with Crippen molar-refractivity contribution in [2.24, 2.45) is 11.8 Å². The van der Waals surface area contributed by atoms with Crippen molar-refractivity contribution in [3.63, 3.8) is 0 Å². The van der Waals surface area contributed by atoms with Crippen LogP contribution in [0.15, 0.2) is 0 Å². The van der Waals surface area contributed by atoms with Crippen molar-refractivity contribution >= 4 is 11.8 Å². The number of carboxylic acids is 1. The van der Waals surface area contributed by atoms with Crippen LogP contribution in [-0.2, 0) is 14.3 Å². The monoisotopic (exact) mass is 172 g/mol. The molecule has 1 saturated carbocycles. The Bertz CT molecular complexity index is 199. The lowest BCUT2D eigenvalue weighted by atomic mass is 9.97. The summed E-state index contributed by atoms with van der Waals surface area (Å²) in [5.74, 6) is -2.13. The van der Waals surface area contributed by atoms with E-state index >= 15 is 0 Å². The maximum absolute atomic E-state index is 11.1. The zero-order valence-corrected chi connectivity index (χ0v) is 6.95. The molecule has 0 spiro atoms. The molecular weight excluding hydrogens is 160 g/mol. The Kier molecular flexibility index (Phi) is 2.81. The standard InChI is InChI=1S/C8H12O4/c1-12-4-5-2-3-6(9)7(5)8(10)11/h5,7H,2-4H2,1H3,(H,10,11). The maximum Gasteiger partial charge on any atom is 0.314 e. The summed E-state index contributed by atoms with van der Waals surface area (Å²) in [6.07, 6.45) is 1.02. The number of aliphatic carboxylic acids is 1. The summed E-state index contributed by atoms with van der Waals surface area (Å²) in [5, 5.41) is 8.70. The van der Waals surface area contributed by atoms with Gasteiger partial charge < -0.3 is 9.84 Å². The first-order chi connectivity index (χ1) is 5.66. The highest BCUT2D eigenvalue weighted by Crippen LogP contribution is 2.28. The highest BCUT2D eigenvalue weighted by Gasteiger charge is 2.39.